The first-order valence-electron chi connectivity index (χ1n) is 4.53. The van der Waals surface area contributed by atoms with Gasteiger partial charge in [0.05, 0.1) is 0 Å². The Bertz CT molecular complexity index is 312. The molecule has 1 aromatic carbocycles. The normalized spacial score (nSPS) is 21.2. The summed E-state index contributed by atoms with van der Waals surface area (Å²) in [5, 5.41) is 3.20. The van der Waals surface area contributed by atoms with E-state index in [2.05, 4.69) is 5.32 Å². The summed E-state index contributed by atoms with van der Waals surface area (Å²) in [6.45, 7) is 1.34. The molecule has 3 N–H and O–H groups in total. The van der Waals surface area contributed by atoms with Crippen LogP contribution in [0.2, 0.25) is 0 Å². The molecular weight excluding hydrogens is 167 g/mol. The van der Waals surface area contributed by atoms with Crippen LogP contribution in [0.4, 0.5) is 4.39 Å². The quantitative estimate of drug-likeness (QED) is 0.676. The fraction of sp³-hybridized carbons (Fsp3) is 0.400. The van der Waals surface area contributed by atoms with Crippen molar-refractivity contribution in [3.63, 3.8) is 0 Å². The molecular formula is C10H13FN2. The lowest BCUT2D eigenvalue weighted by atomic mass is 9.94. The lowest BCUT2D eigenvalue weighted by Gasteiger charge is -2.26. The van der Waals surface area contributed by atoms with Gasteiger partial charge < -0.3 is 11.1 Å². The van der Waals surface area contributed by atoms with Crippen LogP contribution in [0.15, 0.2) is 18.2 Å². The van der Waals surface area contributed by atoms with Crippen molar-refractivity contribution in [2.24, 2.45) is 5.73 Å². The van der Waals surface area contributed by atoms with E-state index in [0.717, 1.165) is 24.1 Å². The Balaban J connectivity index is 2.47. The van der Waals surface area contributed by atoms with E-state index >= 15 is 0 Å². The molecule has 1 aliphatic rings. The van der Waals surface area contributed by atoms with Gasteiger partial charge >= 0.3 is 0 Å². The lowest BCUT2D eigenvalue weighted by Crippen LogP contribution is -2.35. The van der Waals surface area contributed by atoms with E-state index in [1.165, 1.54) is 6.07 Å². The zero-order chi connectivity index (χ0) is 9.26. The molecule has 1 aromatic rings. The Morgan fingerprint density at radius 1 is 1.54 bits per heavy atom. The highest BCUT2D eigenvalue weighted by Gasteiger charge is 2.21. The topological polar surface area (TPSA) is 38.0 Å². The molecule has 1 atom stereocenters. The van der Waals surface area contributed by atoms with Crippen LogP contribution in [0.5, 0.6) is 0 Å². The van der Waals surface area contributed by atoms with Gasteiger partial charge in [0.25, 0.3) is 0 Å². The lowest BCUT2D eigenvalue weighted by molar-refractivity contribution is 0.479. The number of rotatable bonds is 1. The van der Waals surface area contributed by atoms with E-state index < -0.39 is 0 Å². The SMILES string of the molecule is NCC1NCCc2cccc(F)c21. The molecule has 2 rings (SSSR count). The highest BCUT2D eigenvalue weighted by Crippen LogP contribution is 2.24. The minimum absolute atomic E-state index is 0.00931. The molecule has 0 saturated carbocycles. The maximum Gasteiger partial charge on any atom is 0.128 e. The monoisotopic (exact) mass is 180 g/mol. The fourth-order valence-corrected chi connectivity index (χ4v) is 1.87. The average molecular weight is 180 g/mol. The van der Waals surface area contributed by atoms with Crippen molar-refractivity contribution < 1.29 is 4.39 Å². The van der Waals surface area contributed by atoms with Gasteiger partial charge in [-0.2, -0.15) is 0 Å². The van der Waals surface area contributed by atoms with Gasteiger partial charge in [-0.3, -0.25) is 0 Å². The second-order valence-electron chi connectivity index (χ2n) is 3.31. The Labute approximate surface area is 76.9 Å². The van der Waals surface area contributed by atoms with Gasteiger partial charge in [0, 0.05) is 18.2 Å². The van der Waals surface area contributed by atoms with Crippen molar-refractivity contribution in [3.05, 3.63) is 35.1 Å². The van der Waals surface area contributed by atoms with Gasteiger partial charge in [-0.25, -0.2) is 4.39 Å². The summed E-state index contributed by atoms with van der Waals surface area (Å²) >= 11 is 0. The Morgan fingerprint density at radius 2 is 2.38 bits per heavy atom. The highest BCUT2D eigenvalue weighted by molar-refractivity contribution is 5.33. The minimum atomic E-state index is -0.139. The van der Waals surface area contributed by atoms with Crippen LogP contribution in [-0.2, 0) is 6.42 Å². The third-order valence-electron chi connectivity index (χ3n) is 2.51. The predicted octanol–water partition coefficient (Wildman–Crippen LogP) is 0.971. The van der Waals surface area contributed by atoms with Gasteiger partial charge in [0.15, 0.2) is 0 Å². The molecule has 3 heteroatoms. The number of fused-ring (bicyclic) bond motifs is 1. The molecule has 2 nitrogen and oxygen atoms in total. The first-order valence-corrected chi connectivity index (χ1v) is 4.53. The summed E-state index contributed by atoms with van der Waals surface area (Å²) in [7, 11) is 0. The third-order valence-corrected chi connectivity index (χ3v) is 2.51. The van der Waals surface area contributed by atoms with Crippen LogP contribution in [0.25, 0.3) is 0 Å². The van der Waals surface area contributed by atoms with E-state index in [9.17, 15) is 4.39 Å². The molecule has 0 amide bonds. The Hall–Kier alpha value is -0.930. The van der Waals surface area contributed by atoms with E-state index in [-0.39, 0.29) is 11.9 Å². The van der Waals surface area contributed by atoms with Crippen LogP contribution < -0.4 is 11.1 Å². The average Bonchev–Trinajstić information content (AvgIpc) is 2.17. The van der Waals surface area contributed by atoms with Crippen LogP contribution in [-0.4, -0.2) is 13.1 Å². The number of halogens is 1. The molecule has 70 valence electrons. The van der Waals surface area contributed by atoms with Crippen molar-refractivity contribution in [3.8, 4) is 0 Å². The van der Waals surface area contributed by atoms with Crippen molar-refractivity contribution in [2.45, 2.75) is 12.5 Å². The Morgan fingerprint density at radius 3 is 3.15 bits per heavy atom. The number of nitrogens with one attached hydrogen (secondary N) is 1. The second-order valence-corrected chi connectivity index (χ2v) is 3.31. The maximum atomic E-state index is 13.4. The number of hydrogen-bond donors (Lipinski definition) is 2. The summed E-state index contributed by atoms with van der Waals surface area (Å²) in [4.78, 5) is 0. The molecule has 0 fully saturated rings. The van der Waals surface area contributed by atoms with Crippen LogP contribution in [0.1, 0.15) is 17.2 Å². The predicted molar refractivity (Wildman–Crippen MR) is 49.9 cm³/mol. The van der Waals surface area contributed by atoms with E-state index in [1.54, 1.807) is 6.07 Å². The van der Waals surface area contributed by atoms with Gasteiger partial charge in [-0.05, 0) is 24.6 Å². The summed E-state index contributed by atoms with van der Waals surface area (Å²) in [5.74, 6) is -0.139. The summed E-state index contributed by atoms with van der Waals surface area (Å²) in [6, 6.07) is 5.22. The van der Waals surface area contributed by atoms with Gasteiger partial charge in [-0.15, -0.1) is 0 Å². The minimum Gasteiger partial charge on any atom is -0.329 e. The highest BCUT2D eigenvalue weighted by atomic mass is 19.1. The zero-order valence-electron chi connectivity index (χ0n) is 7.39. The van der Waals surface area contributed by atoms with Crippen LogP contribution in [0.3, 0.4) is 0 Å². The van der Waals surface area contributed by atoms with E-state index in [4.69, 9.17) is 5.73 Å². The van der Waals surface area contributed by atoms with Crippen molar-refractivity contribution in [1.82, 2.24) is 5.32 Å². The molecule has 0 bridgehead atoms. The van der Waals surface area contributed by atoms with Gasteiger partial charge in [0.2, 0.25) is 0 Å². The zero-order valence-corrected chi connectivity index (χ0v) is 7.39. The van der Waals surface area contributed by atoms with Gasteiger partial charge in [0.1, 0.15) is 5.82 Å². The standard InChI is InChI=1S/C10H13FN2/c11-8-3-1-2-7-4-5-13-9(6-12)10(7)8/h1-3,9,13H,4-6,12H2. The second kappa shape index (κ2) is 3.44. The van der Waals surface area contributed by atoms with Crippen molar-refractivity contribution >= 4 is 0 Å². The third kappa shape index (κ3) is 1.45. The molecule has 0 aromatic heterocycles. The summed E-state index contributed by atoms with van der Waals surface area (Å²) in [6.07, 6.45) is 0.892. The largest absolute Gasteiger partial charge is 0.329 e. The Kier molecular flexibility index (Phi) is 2.29. The number of nitrogens with two attached hydrogens (primary N) is 1. The van der Waals surface area contributed by atoms with Gasteiger partial charge in [-0.1, -0.05) is 12.1 Å². The summed E-state index contributed by atoms with van der Waals surface area (Å²) in [5.41, 5.74) is 7.41. The first kappa shape index (κ1) is 8.66. The van der Waals surface area contributed by atoms with Crippen LogP contribution in [0, 0.1) is 5.82 Å². The number of hydrogen-bond acceptors (Lipinski definition) is 2. The van der Waals surface area contributed by atoms with Crippen LogP contribution >= 0.6 is 0 Å². The smallest absolute Gasteiger partial charge is 0.128 e. The molecule has 0 saturated heterocycles. The fourth-order valence-electron chi connectivity index (χ4n) is 1.87. The molecule has 0 radical (unpaired) electrons. The molecule has 13 heavy (non-hydrogen) atoms. The first-order chi connectivity index (χ1) is 6.33. The molecule has 0 aliphatic carbocycles. The molecule has 1 aliphatic heterocycles. The van der Waals surface area contributed by atoms with Crippen molar-refractivity contribution in [1.29, 1.82) is 0 Å². The maximum absolute atomic E-state index is 13.4. The van der Waals surface area contributed by atoms with E-state index in [0.29, 0.717) is 6.54 Å². The molecule has 1 heterocycles. The summed E-state index contributed by atoms with van der Waals surface area (Å²) < 4.78 is 13.4. The number of benzene rings is 1. The molecule has 1 unspecified atom stereocenters. The van der Waals surface area contributed by atoms with Crippen molar-refractivity contribution in [2.75, 3.05) is 13.1 Å². The van der Waals surface area contributed by atoms with E-state index in [1.807, 2.05) is 6.07 Å². The molecule has 0 spiro atoms.